The largest absolute Gasteiger partial charge is 0.497 e. The summed E-state index contributed by atoms with van der Waals surface area (Å²) >= 11 is 0. The molecule has 0 radical (unpaired) electrons. The Labute approximate surface area is 131 Å². The summed E-state index contributed by atoms with van der Waals surface area (Å²) in [5.41, 5.74) is 0.299. The molecule has 0 spiro atoms. The highest BCUT2D eigenvalue weighted by Crippen LogP contribution is 2.30. The van der Waals surface area contributed by atoms with Crippen molar-refractivity contribution >= 4 is 17.2 Å². The smallest absolute Gasteiger partial charge is 0.449 e. The lowest BCUT2D eigenvalue weighted by molar-refractivity contribution is -0.0586. The number of hydrogen-bond acceptors (Lipinski definition) is 3. The standard InChI is InChI=1S/C16H15F3N2O2/c1-22-12-7-5-6-11(10-12)20-15(16(17,18)19)21-13-8-3-4-9-14(13)23-2/h3-10H,1-2H3,(H,20,21). The summed E-state index contributed by atoms with van der Waals surface area (Å²) < 4.78 is 49.8. The first-order chi connectivity index (χ1) is 10.9. The zero-order chi connectivity index (χ0) is 16.9. The van der Waals surface area contributed by atoms with Crippen LogP contribution in [-0.2, 0) is 0 Å². The summed E-state index contributed by atoms with van der Waals surface area (Å²) in [7, 11) is 2.81. The molecule has 2 rings (SSSR count). The number of para-hydroxylation sites is 2. The maximum atomic E-state index is 13.2. The van der Waals surface area contributed by atoms with Crippen LogP contribution in [-0.4, -0.2) is 26.2 Å². The third-order valence-electron chi connectivity index (χ3n) is 2.92. The fourth-order valence-corrected chi connectivity index (χ4v) is 1.84. The van der Waals surface area contributed by atoms with Gasteiger partial charge in [-0.05, 0) is 24.3 Å². The lowest BCUT2D eigenvalue weighted by atomic mass is 10.3. The Morgan fingerprint density at radius 1 is 1.00 bits per heavy atom. The number of rotatable bonds is 4. The highest BCUT2D eigenvalue weighted by atomic mass is 19.4. The molecule has 0 amide bonds. The van der Waals surface area contributed by atoms with Crippen molar-refractivity contribution in [2.45, 2.75) is 6.18 Å². The van der Waals surface area contributed by atoms with Crippen LogP contribution in [0, 0.1) is 0 Å². The SMILES string of the molecule is COc1cccc(NC(=Nc2ccccc2OC)C(F)(F)F)c1. The van der Waals surface area contributed by atoms with Crippen molar-refractivity contribution in [3.05, 3.63) is 48.5 Å². The normalized spacial score (nSPS) is 12.0. The molecule has 122 valence electrons. The molecule has 1 N–H and O–H groups in total. The molecule has 4 nitrogen and oxygen atoms in total. The van der Waals surface area contributed by atoms with Gasteiger partial charge in [0.05, 0.1) is 14.2 Å². The molecule has 0 aliphatic carbocycles. The zero-order valence-corrected chi connectivity index (χ0v) is 12.5. The Hall–Kier alpha value is -2.70. The van der Waals surface area contributed by atoms with Crippen molar-refractivity contribution in [3.63, 3.8) is 0 Å². The van der Waals surface area contributed by atoms with Gasteiger partial charge in [-0.1, -0.05) is 18.2 Å². The Bertz CT molecular complexity index is 700. The molecule has 0 saturated carbocycles. The van der Waals surface area contributed by atoms with Crippen LogP contribution in [0.1, 0.15) is 0 Å². The molecule has 0 atom stereocenters. The highest BCUT2D eigenvalue weighted by Gasteiger charge is 2.36. The highest BCUT2D eigenvalue weighted by molar-refractivity contribution is 6.01. The number of ether oxygens (including phenoxy) is 2. The number of nitrogens with zero attached hydrogens (tertiary/aromatic N) is 1. The molecule has 23 heavy (non-hydrogen) atoms. The number of hydrogen-bond donors (Lipinski definition) is 1. The van der Waals surface area contributed by atoms with Gasteiger partial charge in [0, 0.05) is 11.8 Å². The van der Waals surface area contributed by atoms with Crippen LogP contribution < -0.4 is 14.8 Å². The van der Waals surface area contributed by atoms with Crippen LogP contribution >= 0.6 is 0 Å². The summed E-state index contributed by atoms with van der Waals surface area (Å²) in [5, 5.41) is 2.28. The summed E-state index contributed by atoms with van der Waals surface area (Å²) in [6, 6.07) is 12.4. The van der Waals surface area contributed by atoms with Gasteiger partial charge in [-0.3, -0.25) is 0 Å². The van der Waals surface area contributed by atoms with E-state index < -0.39 is 12.0 Å². The second-order valence-electron chi connectivity index (χ2n) is 4.49. The average Bonchev–Trinajstić information content (AvgIpc) is 2.54. The maximum Gasteiger partial charge on any atom is 0.449 e. The van der Waals surface area contributed by atoms with Crippen molar-refractivity contribution in [2.75, 3.05) is 19.5 Å². The van der Waals surface area contributed by atoms with Gasteiger partial charge in [0.2, 0.25) is 5.84 Å². The van der Waals surface area contributed by atoms with Crippen LogP contribution in [0.2, 0.25) is 0 Å². The van der Waals surface area contributed by atoms with E-state index >= 15 is 0 Å². The number of nitrogens with one attached hydrogen (secondary N) is 1. The number of benzene rings is 2. The van der Waals surface area contributed by atoms with Gasteiger partial charge < -0.3 is 14.8 Å². The van der Waals surface area contributed by atoms with E-state index in [9.17, 15) is 13.2 Å². The van der Waals surface area contributed by atoms with E-state index in [0.717, 1.165) is 0 Å². The molecular weight excluding hydrogens is 309 g/mol. The second-order valence-corrected chi connectivity index (χ2v) is 4.49. The van der Waals surface area contributed by atoms with E-state index in [0.29, 0.717) is 5.75 Å². The summed E-state index contributed by atoms with van der Waals surface area (Å²) in [6.45, 7) is 0. The van der Waals surface area contributed by atoms with Crippen LogP contribution in [0.5, 0.6) is 11.5 Å². The fraction of sp³-hybridized carbons (Fsp3) is 0.188. The molecule has 0 bridgehead atoms. The second kappa shape index (κ2) is 7.04. The third-order valence-corrected chi connectivity index (χ3v) is 2.92. The van der Waals surface area contributed by atoms with Crippen molar-refractivity contribution in [3.8, 4) is 11.5 Å². The molecule has 0 aliphatic heterocycles. The van der Waals surface area contributed by atoms with Gasteiger partial charge in [-0.25, -0.2) is 4.99 Å². The van der Waals surface area contributed by atoms with Crippen molar-refractivity contribution in [1.82, 2.24) is 0 Å². The molecule has 0 aromatic heterocycles. The lowest BCUT2D eigenvalue weighted by Crippen LogP contribution is -2.30. The van der Waals surface area contributed by atoms with Gasteiger partial charge in [0.25, 0.3) is 0 Å². The molecule has 2 aromatic carbocycles. The van der Waals surface area contributed by atoms with Crippen molar-refractivity contribution in [2.24, 2.45) is 4.99 Å². The first-order valence-corrected chi connectivity index (χ1v) is 6.64. The molecule has 0 saturated heterocycles. The molecule has 0 fully saturated rings. The minimum absolute atomic E-state index is 0.0812. The van der Waals surface area contributed by atoms with E-state index in [-0.39, 0.29) is 17.1 Å². The summed E-state index contributed by atoms with van der Waals surface area (Å²) in [6.07, 6.45) is -4.65. The van der Waals surface area contributed by atoms with E-state index in [1.807, 2.05) is 0 Å². The van der Waals surface area contributed by atoms with Crippen LogP contribution in [0.3, 0.4) is 0 Å². The van der Waals surface area contributed by atoms with Gasteiger partial charge >= 0.3 is 6.18 Å². The zero-order valence-electron chi connectivity index (χ0n) is 12.5. The van der Waals surface area contributed by atoms with E-state index in [1.165, 1.54) is 32.4 Å². The van der Waals surface area contributed by atoms with Gasteiger partial charge in [0.15, 0.2) is 0 Å². The first-order valence-electron chi connectivity index (χ1n) is 6.64. The van der Waals surface area contributed by atoms with Crippen molar-refractivity contribution in [1.29, 1.82) is 0 Å². The number of aliphatic imine (C=N–C) groups is 1. The first kappa shape index (κ1) is 16.7. The Morgan fingerprint density at radius 2 is 1.74 bits per heavy atom. The minimum Gasteiger partial charge on any atom is -0.497 e. The molecule has 0 heterocycles. The van der Waals surface area contributed by atoms with E-state index in [1.54, 1.807) is 30.3 Å². The van der Waals surface area contributed by atoms with Crippen LogP contribution in [0.15, 0.2) is 53.5 Å². The lowest BCUT2D eigenvalue weighted by Gasteiger charge is -2.14. The molecule has 2 aromatic rings. The topological polar surface area (TPSA) is 42.8 Å². The van der Waals surface area contributed by atoms with Gasteiger partial charge in [-0.15, -0.1) is 0 Å². The Balaban J connectivity index is 2.39. The Kier molecular flexibility index (Phi) is 5.10. The monoisotopic (exact) mass is 324 g/mol. The van der Waals surface area contributed by atoms with Gasteiger partial charge in [0.1, 0.15) is 17.2 Å². The number of alkyl halides is 3. The number of anilines is 1. The summed E-state index contributed by atoms with van der Waals surface area (Å²) in [5.74, 6) is -0.453. The van der Waals surface area contributed by atoms with Gasteiger partial charge in [-0.2, -0.15) is 13.2 Å². The van der Waals surface area contributed by atoms with E-state index in [2.05, 4.69) is 10.3 Å². The Morgan fingerprint density at radius 3 is 2.39 bits per heavy atom. The molecule has 0 unspecified atom stereocenters. The van der Waals surface area contributed by atoms with Crippen molar-refractivity contribution < 1.29 is 22.6 Å². The maximum absolute atomic E-state index is 13.2. The van der Waals surface area contributed by atoms with Crippen LogP contribution in [0.25, 0.3) is 0 Å². The molecule has 7 heteroatoms. The third kappa shape index (κ3) is 4.38. The number of amidine groups is 1. The summed E-state index contributed by atoms with van der Waals surface area (Å²) in [4.78, 5) is 3.67. The number of methoxy groups -OCH3 is 2. The van der Waals surface area contributed by atoms with E-state index in [4.69, 9.17) is 9.47 Å². The average molecular weight is 324 g/mol. The quantitative estimate of drug-likeness (QED) is 0.669. The number of halogens is 3. The fourth-order valence-electron chi connectivity index (χ4n) is 1.84. The molecular formula is C16H15F3N2O2. The van der Waals surface area contributed by atoms with Crippen LogP contribution in [0.4, 0.5) is 24.5 Å². The predicted molar refractivity (Wildman–Crippen MR) is 82.8 cm³/mol. The predicted octanol–water partition coefficient (Wildman–Crippen LogP) is 4.41. The minimum atomic E-state index is -4.65. The molecule has 0 aliphatic rings.